The molecule has 31 heavy (non-hydrogen) atoms. The summed E-state index contributed by atoms with van der Waals surface area (Å²) in [5.74, 6) is 1.48. The van der Waals surface area contributed by atoms with Gasteiger partial charge in [0, 0.05) is 11.4 Å². The number of ether oxygens (including phenoxy) is 1. The van der Waals surface area contributed by atoms with Crippen molar-refractivity contribution in [1.82, 2.24) is 14.8 Å². The number of carbonyl (C=O) groups excluding carboxylic acids is 1. The highest BCUT2D eigenvalue weighted by Crippen LogP contribution is 2.33. The van der Waals surface area contributed by atoms with Gasteiger partial charge in [0.05, 0.1) is 18.4 Å². The van der Waals surface area contributed by atoms with Crippen molar-refractivity contribution in [2.75, 3.05) is 18.2 Å². The lowest BCUT2D eigenvalue weighted by Crippen LogP contribution is -2.15. The fraction of sp³-hybridized carbons (Fsp3) is 0.125. The number of thioether (sulfide) groups is 1. The summed E-state index contributed by atoms with van der Waals surface area (Å²) in [4.78, 5) is 12.6. The summed E-state index contributed by atoms with van der Waals surface area (Å²) in [6.45, 7) is 1.97. The molecular formula is C24H22N4O2S. The molecule has 1 amide bonds. The maximum absolute atomic E-state index is 12.6. The molecule has 1 heterocycles. The molecule has 0 aliphatic heterocycles. The number of aryl methyl sites for hydroxylation is 1. The zero-order valence-corrected chi connectivity index (χ0v) is 18.1. The fourth-order valence-corrected chi connectivity index (χ4v) is 3.96. The van der Waals surface area contributed by atoms with Crippen LogP contribution in [0.5, 0.6) is 5.75 Å². The number of rotatable bonds is 7. The average Bonchev–Trinajstić information content (AvgIpc) is 3.23. The first-order chi connectivity index (χ1) is 15.2. The molecule has 0 radical (unpaired) electrons. The van der Waals surface area contributed by atoms with E-state index in [1.807, 2.05) is 90.4 Å². The Hall–Kier alpha value is -3.58. The molecule has 0 spiro atoms. The predicted molar refractivity (Wildman–Crippen MR) is 124 cm³/mol. The van der Waals surface area contributed by atoms with Crippen LogP contribution in [0, 0.1) is 6.92 Å². The van der Waals surface area contributed by atoms with Gasteiger partial charge in [-0.05, 0) is 42.8 Å². The van der Waals surface area contributed by atoms with E-state index in [-0.39, 0.29) is 11.7 Å². The quantitative estimate of drug-likeness (QED) is 0.419. The topological polar surface area (TPSA) is 69.0 Å². The van der Waals surface area contributed by atoms with Crippen LogP contribution in [0.2, 0.25) is 0 Å². The molecule has 0 saturated heterocycles. The van der Waals surface area contributed by atoms with E-state index < -0.39 is 0 Å². The van der Waals surface area contributed by atoms with E-state index in [2.05, 4.69) is 15.5 Å². The third kappa shape index (κ3) is 4.62. The van der Waals surface area contributed by atoms with Crippen molar-refractivity contribution in [3.05, 3.63) is 84.4 Å². The van der Waals surface area contributed by atoms with Crippen molar-refractivity contribution < 1.29 is 9.53 Å². The first-order valence-corrected chi connectivity index (χ1v) is 10.8. The second-order valence-electron chi connectivity index (χ2n) is 6.83. The zero-order valence-electron chi connectivity index (χ0n) is 17.3. The Bertz CT molecular complexity index is 1190. The number of aromatic nitrogens is 3. The number of para-hydroxylation sites is 3. The summed E-state index contributed by atoms with van der Waals surface area (Å²) in [5, 5.41) is 12.4. The van der Waals surface area contributed by atoms with Gasteiger partial charge in [-0.1, -0.05) is 60.3 Å². The van der Waals surface area contributed by atoms with Crippen LogP contribution in [-0.2, 0) is 4.79 Å². The highest BCUT2D eigenvalue weighted by molar-refractivity contribution is 7.99. The Morgan fingerprint density at radius 2 is 1.68 bits per heavy atom. The van der Waals surface area contributed by atoms with Crippen LogP contribution >= 0.6 is 11.8 Å². The highest BCUT2D eigenvalue weighted by atomic mass is 32.2. The molecule has 3 aromatic carbocycles. The Morgan fingerprint density at radius 1 is 0.968 bits per heavy atom. The zero-order chi connectivity index (χ0) is 21.6. The summed E-state index contributed by atoms with van der Waals surface area (Å²) in [7, 11) is 1.63. The van der Waals surface area contributed by atoms with Crippen molar-refractivity contribution in [1.29, 1.82) is 0 Å². The van der Waals surface area contributed by atoms with Gasteiger partial charge in [0.2, 0.25) is 5.91 Å². The van der Waals surface area contributed by atoms with Crippen LogP contribution in [-0.4, -0.2) is 33.5 Å². The molecule has 0 saturated carbocycles. The molecular weight excluding hydrogens is 408 g/mol. The summed E-state index contributed by atoms with van der Waals surface area (Å²) in [6.07, 6.45) is 0. The van der Waals surface area contributed by atoms with Crippen LogP contribution in [0.1, 0.15) is 5.56 Å². The maximum Gasteiger partial charge on any atom is 0.234 e. The van der Waals surface area contributed by atoms with Gasteiger partial charge in [0.1, 0.15) is 5.75 Å². The monoisotopic (exact) mass is 430 g/mol. The number of hydrogen-bond acceptors (Lipinski definition) is 5. The normalized spacial score (nSPS) is 10.6. The van der Waals surface area contributed by atoms with E-state index in [0.29, 0.717) is 16.7 Å². The molecule has 0 aliphatic rings. The predicted octanol–water partition coefficient (Wildman–Crippen LogP) is 4.98. The first kappa shape index (κ1) is 20.7. The summed E-state index contributed by atoms with van der Waals surface area (Å²) < 4.78 is 7.47. The largest absolute Gasteiger partial charge is 0.496 e. The van der Waals surface area contributed by atoms with Gasteiger partial charge < -0.3 is 10.1 Å². The molecule has 1 N–H and O–H groups in total. The first-order valence-electron chi connectivity index (χ1n) is 9.80. The smallest absolute Gasteiger partial charge is 0.234 e. The lowest BCUT2D eigenvalue weighted by Gasteiger charge is -2.12. The molecule has 0 fully saturated rings. The molecule has 6 nitrogen and oxygen atoms in total. The molecule has 4 aromatic rings. The number of methoxy groups -OCH3 is 1. The third-order valence-corrected chi connectivity index (χ3v) is 5.68. The van der Waals surface area contributed by atoms with Gasteiger partial charge in [0.15, 0.2) is 11.0 Å². The molecule has 0 atom stereocenters. The molecule has 0 aliphatic carbocycles. The van der Waals surface area contributed by atoms with Crippen LogP contribution in [0.25, 0.3) is 17.1 Å². The van der Waals surface area contributed by atoms with E-state index in [4.69, 9.17) is 4.74 Å². The maximum atomic E-state index is 12.6. The van der Waals surface area contributed by atoms with Gasteiger partial charge in [-0.15, -0.1) is 10.2 Å². The van der Waals surface area contributed by atoms with Crippen LogP contribution < -0.4 is 10.1 Å². The standard InChI is InChI=1S/C24H22N4O2S/c1-17-10-6-8-14-20(17)25-22(29)16-31-24-27-26-23(19-13-7-9-15-21(19)30-2)28(24)18-11-4-3-5-12-18/h3-15H,16H2,1-2H3,(H,25,29). The number of amides is 1. The number of nitrogens with zero attached hydrogens (tertiary/aromatic N) is 3. The lowest BCUT2D eigenvalue weighted by molar-refractivity contribution is -0.113. The minimum Gasteiger partial charge on any atom is -0.496 e. The van der Waals surface area contributed by atoms with Crippen molar-refractivity contribution in [3.8, 4) is 22.8 Å². The van der Waals surface area contributed by atoms with Gasteiger partial charge in [-0.2, -0.15) is 0 Å². The minimum absolute atomic E-state index is 0.0965. The summed E-state index contributed by atoms with van der Waals surface area (Å²) >= 11 is 1.34. The van der Waals surface area contributed by atoms with Crippen molar-refractivity contribution in [3.63, 3.8) is 0 Å². The molecule has 156 valence electrons. The van der Waals surface area contributed by atoms with Crippen molar-refractivity contribution in [2.24, 2.45) is 0 Å². The Balaban J connectivity index is 1.63. The Kier molecular flexibility index (Phi) is 6.33. The number of carbonyl (C=O) groups is 1. The third-order valence-electron chi connectivity index (χ3n) is 4.75. The molecule has 7 heteroatoms. The second kappa shape index (κ2) is 9.49. The van der Waals surface area contributed by atoms with E-state index in [9.17, 15) is 4.79 Å². The number of anilines is 1. The highest BCUT2D eigenvalue weighted by Gasteiger charge is 2.19. The lowest BCUT2D eigenvalue weighted by atomic mass is 10.2. The van der Waals surface area contributed by atoms with Gasteiger partial charge >= 0.3 is 0 Å². The number of benzene rings is 3. The van der Waals surface area contributed by atoms with E-state index in [1.54, 1.807) is 7.11 Å². The minimum atomic E-state index is -0.0965. The second-order valence-corrected chi connectivity index (χ2v) is 7.77. The van der Waals surface area contributed by atoms with Crippen LogP contribution in [0.4, 0.5) is 5.69 Å². The van der Waals surface area contributed by atoms with E-state index in [0.717, 1.165) is 22.5 Å². The molecule has 4 rings (SSSR count). The SMILES string of the molecule is COc1ccccc1-c1nnc(SCC(=O)Nc2ccccc2C)n1-c1ccccc1. The van der Waals surface area contributed by atoms with Gasteiger partial charge in [-0.3, -0.25) is 9.36 Å². The van der Waals surface area contributed by atoms with Crippen molar-refractivity contribution >= 4 is 23.4 Å². The van der Waals surface area contributed by atoms with Crippen LogP contribution in [0.15, 0.2) is 84.0 Å². The molecule has 0 bridgehead atoms. The van der Waals surface area contributed by atoms with Crippen molar-refractivity contribution in [2.45, 2.75) is 12.1 Å². The average molecular weight is 431 g/mol. The van der Waals surface area contributed by atoms with Gasteiger partial charge in [0.25, 0.3) is 0 Å². The fourth-order valence-electron chi connectivity index (χ4n) is 3.21. The van der Waals surface area contributed by atoms with E-state index >= 15 is 0 Å². The molecule has 1 aromatic heterocycles. The number of hydrogen-bond donors (Lipinski definition) is 1. The number of nitrogens with one attached hydrogen (secondary N) is 1. The van der Waals surface area contributed by atoms with Crippen LogP contribution in [0.3, 0.4) is 0 Å². The van der Waals surface area contributed by atoms with Gasteiger partial charge in [-0.25, -0.2) is 0 Å². The summed E-state index contributed by atoms with van der Waals surface area (Å²) in [6, 6.07) is 25.2. The van der Waals surface area contributed by atoms with E-state index in [1.165, 1.54) is 11.8 Å². The Morgan fingerprint density at radius 3 is 2.45 bits per heavy atom. The Labute approximate surface area is 185 Å². The molecule has 0 unspecified atom stereocenters. The summed E-state index contributed by atoms with van der Waals surface area (Å²) in [5.41, 5.74) is 3.58.